The molecule has 1 aromatic rings. The molecule has 0 bridgehead atoms. The number of hydrogen-bond acceptors (Lipinski definition) is 3. The lowest BCUT2D eigenvalue weighted by atomic mass is 9.95. The molecule has 0 radical (unpaired) electrons. The van der Waals surface area contributed by atoms with Crippen molar-refractivity contribution in [2.75, 3.05) is 7.11 Å². The molecule has 2 aliphatic rings. The Bertz CT molecular complexity index is 481. The van der Waals surface area contributed by atoms with Crippen LogP contribution in [0.1, 0.15) is 48.0 Å². The summed E-state index contributed by atoms with van der Waals surface area (Å²) in [6.07, 6.45) is 6.43. The predicted octanol–water partition coefficient (Wildman–Crippen LogP) is 3.15. The lowest BCUT2D eigenvalue weighted by Gasteiger charge is -2.28. The molecule has 0 aliphatic heterocycles. The summed E-state index contributed by atoms with van der Waals surface area (Å²) in [6.45, 7) is 0. The van der Waals surface area contributed by atoms with Crippen LogP contribution in [-0.2, 0) is 11.2 Å². The topological polar surface area (TPSA) is 35.5 Å². The molecule has 0 aromatic heterocycles. The maximum atomic E-state index is 11.6. The van der Waals surface area contributed by atoms with E-state index in [1.807, 2.05) is 18.2 Å². The second-order valence-electron chi connectivity index (χ2n) is 5.51. The molecule has 19 heavy (non-hydrogen) atoms. The van der Waals surface area contributed by atoms with E-state index >= 15 is 0 Å². The first kappa shape index (κ1) is 12.7. The summed E-state index contributed by atoms with van der Waals surface area (Å²) in [4.78, 5) is 11.6. The van der Waals surface area contributed by atoms with E-state index in [0.29, 0.717) is 12.5 Å². The molecule has 0 N–H and O–H groups in total. The SMILES string of the molecule is COC1CCCC(Oc2ccc3c(c2)CCC3=O)C1. The maximum absolute atomic E-state index is 11.6. The smallest absolute Gasteiger partial charge is 0.163 e. The lowest BCUT2D eigenvalue weighted by molar-refractivity contribution is 0.0209. The lowest BCUT2D eigenvalue weighted by Crippen LogP contribution is -2.29. The molecule has 1 fully saturated rings. The van der Waals surface area contributed by atoms with Gasteiger partial charge in [-0.05, 0) is 49.4 Å². The van der Waals surface area contributed by atoms with Gasteiger partial charge >= 0.3 is 0 Å². The Labute approximate surface area is 113 Å². The molecule has 3 rings (SSSR count). The number of hydrogen-bond donors (Lipinski definition) is 0. The van der Waals surface area contributed by atoms with Gasteiger partial charge in [-0.25, -0.2) is 0 Å². The molecule has 3 nitrogen and oxygen atoms in total. The van der Waals surface area contributed by atoms with Gasteiger partial charge in [-0.15, -0.1) is 0 Å². The Morgan fingerprint density at radius 1 is 1.16 bits per heavy atom. The Balaban J connectivity index is 1.68. The van der Waals surface area contributed by atoms with Crippen LogP contribution in [0.4, 0.5) is 0 Å². The largest absolute Gasteiger partial charge is 0.490 e. The van der Waals surface area contributed by atoms with E-state index in [-0.39, 0.29) is 11.9 Å². The Morgan fingerprint density at radius 2 is 2.00 bits per heavy atom. The van der Waals surface area contributed by atoms with Gasteiger partial charge in [0.25, 0.3) is 0 Å². The zero-order chi connectivity index (χ0) is 13.2. The third-order valence-electron chi connectivity index (χ3n) is 4.21. The highest BCUT2D eigenvalue weighted by atomic mass is 16.5. The highest BCUT2D eigenvalue weighted by molar-refractivity contribution is 6.00. The van der Waals surface area contributed by atoms with Crippen molar-refractivity contribution in [3.05, 3.63) is 29.3 Å². The monoisotopic (exact) mass is 260 g/mol. The minimum Gasteiger partial charge on any atom is -0.490 e. The predicted molar refractivity (Wildman–Crippen MR) is 72.8 cm³/mol. The molecular weight excluding hydrogens is 240 g/mol. The number of carbonyl (C=O) groups excluding carboxylic acids is 1. The van der Waals surface area contributed by atoms with Gasteiger partial charge in [0.15, 0.2) is 5.78 Å². The third kappa shape index (κ3) is 2.66. The van der Waals surface area contributed by atoms with Gasteiger partial charge in [0, 0.05) is 25.5 Å². The van der Waals surface area contributed by atoms with Crippen LogP contribution in [-0.4, -0.2) is 25.1 Å². The molecular formula is C16H20O3. The molecule has 1 saturated carbocycles. The zero-order valence-corrected chi connectivity index (χ0v) is 11.4. The van der Waals surface area contributed by atoms with Gasteiger partial charge in [0.1, 0.15) is 11.9 Å². The first-order valence-electron chi connectivity index (χ1n) is 7.12. The fraction of sp³-hybridized carbons (Fsp3) is 0.562. The van der Waals surface area contributed by atoms with E-state index in [9.17, 15) is 4.79 Å². The number of rotatable bonds is 3. The average Bonchev–Trinajstić information content (AvgIpc) is 2.80. The van der Waals surface area contributed by atoms with Crippen molar-refractivity contribution in [1.82, 2.24) is 0 Å². The van der Waals surface area contributed by atoms with Crippen molar-refractivity contribution >= 4 is 5.78 Å². The quantitative estimate of drug-likeness (QED) is 0.837. The molecule has 0 spiro atoms. The fourth-order valence-corrected chi connectivity index (χ4v) is 3.12. The van der Waals surface area contributed by atoms with Crippen molar-refractivity contribution in [1.29, 1.82) is 0 Å². The van der Waals surface area contributed by atoms with Crippen molar-refractivity contribution in [3.63, 3.8) is 0 Å². The number of aryl methyl sites for hydroxylation is 1. The molecule has 2 atom stereocenters. The number of carbonyl (C=O) groups is 1. The van der Waals surface area contributed by atoms with E-state index in [2.05, 4.69) is 0 Å². The van der Waals surface area contributed by atoms with Gasteiger partial charge < -0.3 is 9.47 Å². The molecule has 0 heterocycles. The highest BCUT2D eigenvalue weighted by Crippen LogP contribution is 2.29. The Morgan fingerprint density at radius 3 is 2.84 bits per heavy atom. The molecule has 1 aromatic carbocycles. The van der Waals surface area contributed by atoms with Gasteiger partial charge in [-0.1, -0.05) is 0 Å². The number of Topliss-reactive ketones (excluding diaryl/α,β-unsaturated/α-hetero) is 1. The normalized spacial score (nSPS) is 26.3. The summed E-state index contributed by atoms with van der Waals surface area (Å²) in [7, 11) is 1.77. The number of ether oxygens (including phenoxy) is 2. The van der Waals surface area contributed by atoms with Crippen LogP contribution in [0.3, 0.4) is 0 Å². The Kier molecular flexibility index (Phi) is 3.56. The number of benzene rings is 1. The Hall–Kier alpha value is -1.35. The van der Waals surface area contributed by atoms with Crippen LogP contribution < -0.4 is 4.74 Å². The maximum Gasteiger partial charge on any atom is 0.163 e. The van der Waals surface area contributed by atoms with E-state index in [4.69, 9.17) is 9.47 Å². The van der Waals surface area contributed by atoms with E-state index in [1.54, 1.807) is 7.11 Å². The molecule has 0 amide bonds. The third-order valence-corrected chi connectivity index (χ3v) is 4.21. The molecule has 0 saturated heterocycles. The average molecular weight is 260 g/mol. The van der Waals surface area contributed by atoms with Crippen molar-refractivity contribution < 1.29 is 14.3 Å². The minimum absolute atomic E-state index is 0.244. The van der Waals surface area contributed by atoms with Crippen LogP contribution in [0.2, 0.25) is 0 Å². The van der Waals surface area contributed by atoms with Crippen LogP contribution in [0.25, 0.3) is 0 Å². The van der Waals surface area contributed by atoms with Gasteiger partial charge in [0.05, 0.1) is 6.10 Å². The van der Waals surface area contributed by atoms with Gasteiger partial charge in [-0.2, -0.15) is 0 Å². The highest BCUT2D eigenvalue weighted by Gasteiger charge is 2.24. The van der Waals surface area contributed by atoms with E-state index in [0.717, 1.165) is 49.0 Å². The summed E-state index contributed by atoms with van der Waals surface area (Å²) in [5.41, 5.74) is 2.02. The fourth-order valence-electron chi connectivity index (χ4n) is 3.12. The summed E-state index contributed by atoms with van der Waals surface area (Å²) in [5.74, 6) is 1.16. The van der Waals surface area contributed by atoms with E-state index in [1.165, 1.54) is 0 Å². The summed E-state index contributed by atoms with van der Waals surface area (Å²) < 4.78 is 11.5. The second-order valence-corrected chi connectivity index (χ2v) is 5.51. The zero-order valence-electron chi connectivity index (χ0n) is 11.4. The van der Waals surface area contributed by atoms with Crippen molar-refractivity contribution in [3.8, 4) is 5.75 Å². The number of ketones is 1. The number of methoxy groups -OCH3 is 1. The second kappa shape index (κ2) is 5.33. The molecule has 2 unspecified atom stereocenters. The van der Waals surface area contributed by atoms with Gasteiger partial charge in [0.2, 0.25) is 0 Å². The van der Waals surface area contributed by atoms with Crippen LogP contribution in [0.5, 0.6) is 5.75 Å². The van der Waals surface area contributed by atoms with Crippen LogP contribution in [0.15, 0.2) is 18.2 Å². The van der Waals surface area contributed by atoms with Crippen molar-refractivity contribution in [2.24, 2.45) is 0 Å². The molecule has 3 heteroatoms. The summed E-state index contributed by atoms with van der Waals surface area (Å²) >= 11 is 0. The van der Waals surface area contributed by atoms with Crippen LogP contribution in [0, 0.1) is 0 Å². The summed E-state index contributed by atoms with van der Waals surface area (Å²) in [6, 6.07) is 5.88. The first-order valence-corrected chi connectivity index (χ1v) is 7.12. The summed E-state index contributed by atoms with van der Waals surface area (Å²) in [5, 5.41) is 0. The van der Waals surface area contributed by atoms with Gasteiger partial charge in [-0.3, -0.25) is 4.79 Å². The molecule has 102 valence electrons. The standard InChI is InChI=1S/C16H20O3/c1-18-12-3-2-4-13(10-12)19-14-6-7-15-11(9-14)5-8-16(15)17/h6-7,9,12-13H,2-5,8,10H2,1H3. The van der Waals surface area contributed by atoms with Crippen LogP contribution >= 0.6 is 0 Å². The molecule has 2 aliphatic carbocycles. The minimum atomic E-state index is 0.244. The van der Waals surface area contributed by atoms with E-state index < -0.39 is 0 Å². The number of fused-ring (bicyclic) bond motifs is 1. The van der Waals surface area contributed by atoms with Crippen molar-refractivity contribution in [2.45, 2.75) is 50.7 Å². The first-order chi connectivity index (χ1) is 9.26.